The third kappa shape index (κ3) is 3.17. The minimum absolute atomic E-state index is 0.651. The maximum atomic E-state index is 5.85. The fourth-order valence-corrected chi connectivity index (χ4v) is 3.29. The van der Waals surface area contributed by atoms with E-state index in [1.165, 1.54) is 24.3 Å². The molecule has 1 atom stereocenters. The lowest BCUT2D eigenvalue weighted by Gasteiger charge is -2.26. The van der Waals surface area contributed by atoms with Crippen LogP contribution in [0.15, 0.2) is 6.20 Å². The maximum Gasteiger partial charge on any atom is 0.183 e. The Hall–Kier alpha value is -0.160. The van der Waals surface area contributed by atoms with Crippen molar-refractivity contribution in [2.45, 2.75) is 25.4 Å². The number of hydrogen-bond acceptors (Lipinski definition) is 4. The molecule has 1 unspecified atom stereocenters. The fourth-order valence-electron chi connectivity index (χ4n) is 2.29. The third-order valence-electron chi connectivity index (χ3n) is 2.96. The van der Waals surface area contributed by atoms with E-state index in [2.05, 4.69) is 28.9 Å². The van der Waals surface area contributed by atoms with Crippen molar-refractivity contribution in [2.75, 3.05) is 27.2 Å². The molecule has 1 aromatic rings. The lowest BCUT2D eigenvalue weighted by molar-refractivity contribution is 0.202. The number of aromatic nitrogens is 1. The van der Waals surface area contributed by atoms with Crippen molar-refractivity contribution in [3.05, 3.63) is 15.5 Å². The molecule has 0 radical (unpaired) electrons. The minimum atomic E-state index is 0.651. The van der Waals surface area contributed by atoms with Crippen LogP contribution in [0.5, 0.6) is 0 Å². The van der Waals surface area contributed by atoms with Crippen LogP contribution in [0, 0.1) is 0 Å². The first-order chi connectivity index (χ1) is 7.65. The third-order valence-corrected chi connectivity index (χ3v) is 4.06. The summed E-state index contributed by atoms with van der Waals surface area (Å²) in [4.78, 5) is 10.2. The van der Waals surface area contributed by atoms with Crippen molar-refractivity contribution >= 4 is 22.9 Å². The molecule has 0 N–H and O–H groups in total. The zero-order valence-electron chi connectivity index (χ0n) is 9.82. The summed E-state index contributed by atoms with van der Waals surface area (Å²) >= 11 is 7.44. The summed E-state index contributed by atoms with van der Waals surface area (Å²) in [5, 5.41) is 0. The zero-order valence-corrected chi connectivity index (χ0v) is 11.4. The highest BCUT2D eigenvalue weighted by Gasteiger charge is 2.25. The summed E-state index contributed by atoms with van der Waals surface area (Å²) in [6.07, 6.45) is 4.52. The van der Waals surface area contributed by atoms with Gasteiger partial charge in [0.25, 0.3) is 0 Å². The van der Waals surface area contributed by atoms with Gasteiger partial charge in [0.2, 0.25) is 0 Å². The smallest absolute Gasteiger partial charge is 0.183 e. The van der Waals surface area contributed by atoms with E-state index in [-0.39, 0.29) is 0 Å². The van der Waals surface area contributed by atoms with E-state index in [9.17, 15) is 0 Å². The molecular weight excluding hydrogens is 242 g/mol. The average molecular weight is 260 g/mol. The highest BCUT2D eigenvalue weighted by molar-refractivity contribution is 7.15. The normalized spacial score (nSPS) is 22.1. The molecular formula is C11H18ClN3S. The van der Waals surface area contributed by atoms with Gasteiger partial charge >= 0.3 is 0 Å². The summed E-state index contributed by atoms with van der Waals surface area (Å²) in [5.41, 5.74) is 0. The van der Waals surface area contributed by atoms with E-state index in [1.54, 1.807) is 11.3 Å². The van der Waals surface area contributed by atoms with Crippen LogP contribution in [0.2, 0.25) is 4.47 Å². The first-order valence-corrected chi connectivity index (χ1v) is 6.83. The van der Waals surface area contributed by atoms with Crippen LogP contribution in [0.4, 0.5) is 0 Å². The highest BCUT2D eigenvalue weighted by atomic mass is 35.5. The van der Waals surface area contributed by atoms with Crippen LogP contribution in [0.3, 0.4) is 0 Å². The van der Waals surface area contributed by atoms with Crippen molar-refractivity contribution in [3.63, 3.8) is 0 Å². The van der Waals surface area contributed by atoms with Gasteiger partial charge in [-0.1, -0.05) is 11.6 Å². The van der Waals surface area contributed by atoms with Crippen LogP contribution in [-0.2, 0) is 6.54 Å². The van der Waals surface area contributed by atoms with Crippen molar-refractivity contribution < 1.29 is 0 Å². The number of nitrogens with zero attached hydrogens (tertiary/aromatic N) is 3. The highest BCUT2D eigenvalue weighted by Crippen LogP contribution is 2.24. The molecule has 0 amide bonds. The van der Waals surface area contributed by atoms with Crippen LogP contribution in [-0.4, -0.2) is 48.0 Å². The Labute approximate surface area is 106 Å². The molecule has 16 heavy (non-hydrogen) atoms. The molecule has 1 aliphatic rings. The number of thiazole rings is 1. The van der Waals surface area contributed by atoms with Gasteiger partial charge in [0.15, 0.2) is 4.47 Å². The first kappa shape index (κ1) is 12.3. The molecule has 2 rings (SSSR count). The number of likely N-dealkylation sites (tertiary alicyclic amines) is 1. The molecule has 3 nitrogen and oxygen atoms in total. The molecule has 0 spiro atoms. The molecule has 0 aromatic carbocycles. The van der Waals surface area contributed by atoms with Crippen LogP contribution < -0.4 is 0 Å². The molecule has 90 valence electrons. The summed E-state index contributed by atoms with van der Waals surface area (Å²) in [6.45, 7) is 3.35. The monoisotopic (exact) mass is 259 g/mol. The van der Waals surface area contributed by atoms with Gasteiger partial charge in [0.1, 0.15) is 0 Å². The van der Waals surface area contributed by atoms with E-state index in [4.69, 9.17) is 11.6 Å². The predicted molar refractivity (Wildman–Crippen MR) is 69.1 cm³/mol. The van der Waals surface area contributed by atoms with Gasteiger partial charge in [0, 0.05) is 30.2 Å². The topological polar surface area (TPSA) is 19.4 Å². The summed E-state index contributed by atoms with van der Waals surface area (Å²) in [6, 6.07) is 0.691. The summed E-state index contributed by atoms with van der Waals surface area (Å²) in [7, 11) is 4.28. The van der Waals surface area contributed by atoms with Crippen molar-refractivity contribution in [1.29, 1.82) is 0 Å². The second-order valence-corrected chi connectivity index (χ2v) is 6.31. The molecule has 1 saturated heterocycles. The van der Waals surface area contributed by atoms with Gasteiger partial charge in [0.05, 0.1) is 0 Å². The second-order valence-electron chi connectivity index (χ2n) is 4.61. The Morgan fingerprint density at radius 3 is 3.06 bits per heavy atom. The van der Waals surface area contributed by atoms with E-state index < -0.39 is 0 Å². The number of halogens is 1. The van der Waals surface area contributed by atoms with E-state index >= 15 is 0 Å². The zero-order chi connectivity index (χ0) is 11.5. The molecule has 1 fully saturated rings. The SMILES string of the molecule is CN(C)CC1CCCN1Cc1cnc(Cl)s1. The number of rotatable bonds is 4. The minimum Gasteiger partial charge on any atom is -0.308 e. The Kier molecular flexibility index (Phi) is 4.19. The average Bonchev–Trinajstić information content (AvgIpc) is 2.77. The van der Waals surface area contributed by atoms with Gasteiger partial charge in [-0.25, -0.2) is 4.98 Å². The van der Waals surface area contributed by atoms with E-state index in [0.717, 1.165) is 13.1 Å². The molecule has 0 aliphatic carbocycles. The first-order valence-electron chi connectivity index (χ1n) is 5.64. The largest absolute Gasteiger partial charge is 0.308 e. The van der Waals surface area contributed by atoms with Crippen LogP contribution >= 0.6 is 22.9 Å². The summed E-state index contributed by atoms with van der Waals surface area (Å²) in [5.74, 6) is 0. The fraction of sp³-hybridized carbons (Fsp3) is 0.727. The maximum absolute atomic E-state index is 5.85. The van der Waals surface area contributed by atoms with Crippen molar-refractivity contribution in [1.82, 2.24) is 14.8 Å². The molecule has 5 heteroatoms. The van der Waals surface area contributed by atoms with Crippen LogP contribution in [0.25, 0.3) is 0 Å². The van der Waals surface area contributed by atoms with Gasteiger partial charge in [-0.3, -0.25) is 4.90 Å². The van der Waals surface area contributed by atoms with Gasteiger partial charge in [-0.05, 0) is 33.5 Å². The van der Waals surface area contributed by atoms with E-state index in [0.29, 0.717) is 10.5 Å². The second kappa shape index (κ2) is 5.45. The molecule has 1 aromatic heterocycles. The lowest BCUT2D eigenvalue weighted by Crippen LogP contribution is -2.36. The predicted octanol–water partition coefficient (Wildman–Crippen LogP) is 2.32. The molecule has 0 bridgehead atoms. The number of likely N-dealkylation sites (N-methyl/N-ethyl adjacent to an activating group) is 1. The Balaban J connectivity index is 1.93. The number of hydrogen-bond donors (Lipinski definition) is 0. The van der Waals surface area contributed by atoms with Crippen LogP contribution in [0.1, 0.15) is 17.7 Å². The standard InChI is InChI=1S/C11H18ClN3S/c1-14(2)7-9-4-3-5-15(9)8-10-6-13-11(12)16-10/h6,9H,3-5,7-8H2,1-2H3. The van der Waals surface area contributed by atoms with Crippen molar-refractivity contribution in [3.8, 4) is 0 Å². The Bertz CT molecular complexity index is 340. The molecule has 1 aliphatic heterocycles. The quantitative estimate of drug-likeness (QED) is 0.827. The Morgan fingerprint density at radius 2 is 2.44 bits per heavy atom. The Morgan fingerprint density at radius 1 is 1.62 bits per heavy atom. The van der Waals surface area contributed by atoms with Gasteiger partial charge in [-0.15, -0.1) is 11.3 Å². The van der Waals surface area contributed by atoms with Crippen molar-refractivity contribution in [2.24, 2.45) is 0 Å². The molecule has 0 saturated carbocycles. The summed E-state index contributed by atoms with van der Waals surface area (Å²) < 4.78 is 0.651. The van der Waals surface area contributed by atoms with Gasteiger partial charge < -0.3 is 4.90 Å². The lowest BCUT2D eigenvalue weighted by atomic mass is 10.2. The molecule has 2 heterocycles. The van der Waals surface area contributed by atoms with E-state index in [1.807, 2.05) is 6.20 Å². The van der Waals surface area contributed by atoms with Gasteiger partial charge in [-0.2, -0.15) is 0 Å².